The van der Waals surface area contributed by atoms with Crippen molar-refractivity contribution in [2.24, 2.45) is 0 Å². The van der Waals surface area contributed by atoms with Crippen LogP contribution in [0.4, 0.5) is 0 Å². The van der Waals surface area contributed by atoms with Crippen molar-refractivity contribution in [3.05, 3.63) is 62.5 Å². The van der Waals surface area contributed by atoms with Crippen molar-refractivity contribution in [1.82, 2.24) is 9.55 Å². The normalized spacial score (nSPS) is 12.6. The Kier molecular flexibility index (Phi) is 4.03. The second-order valence-corrected chi connectivity index (χ2v) is 6.45. The fourth-order valence-electron chi connectivity index (χ4n) is 2.44. The van der Waals surface area contributed by atoms with E-state index in [1.54, 1.807) is 4.57 Å². The van der Waals surface area contributed by atoms with Crippen LogP contribution in [-0.4, -0.2) is 9.55 Å². The number of nitrogens with one attached hydrogen (secondary N) is 1. The molecule has 1 aromatic carbocycles. The second kappa shape index (κ2) is 5.95. The molecule has 0 aliphatic heterocycles. The first-order valence-corrected chi connectivity index (χ1v) is 8.21. The summed E-state index contributed by atoms with van der Waals surface area (Å²) in [6.07, 6.45) is 0.887. The number of hydrogen-bond donors (Lipinski definition) is 1. The van der Waals surface area contributed by atoms with Crippen molar-refractivity contribution < 1.29 is 0 Å². The molecule has 21 heavy (non-hydrogen) atoms. The van der Waals surface area contributed by atoms with Gasteiger partial charge in [0.1, 0.15) is 4.70 Å². The van der Waals surface area contributed by atoms with E-state index in [0.717, 1.165) is 16.6 Å². The van der Waals surface area contributed by atoms with Gasteiger partial charge in [-0.15, -0.1) is 11.3 Å². The Morgan fingerprint density at radius 3 is 2.81 bits per heavy atom. The van der Waals surface area contributed by atoms with E-state index in [2.05, 4.69) is 24.0 Å². The molecule has 1 atom stereocenters. The number of H-pyrrole nitrogens is 1. The fraction of sp³-hybridized carbons (Fsp3) is 0.250. The van der Waals surface area contributed by atoms with Gasteiger partial charge in [-0.25, -0.2) is 0 Å². The highest BCUT2D eigenvalue weighted by molar-refractivity contribution is 7.71. The Morgan fingerprint density at radius 1 is 1.29 bits per heavy atom. The standard InChI is InChI=1S/C16H16N2OS2/c1-11(12-5-3-2-4-6-12)7-9-18-15(19)14-13(8-10-21-14)17-16(18)20/h2-6,8,10-11H,7,9H2,1H3,(H,17,20). The Bertz CT molecular complexity index is 861. The van der Waals surface area contributed by atoms with Gasteiger partial charge in [0.05, 0.1) is 5.52 Å². The quantitative estimate of drug-likeness (QED) is 0.728. The Morgan fingerprint density at radius 2 is 2.05 bits per heavy atom. The summed E-state index contributed by atoms with van der Waals surface area (Å²) in [5, 5.41) is 1.91. The summed E-state index contributed by atoms with van der Waals surface area (Å²) in [7, 11) is 0. The van der Waals surface area contributed by atoms with Gasteiger partial charge in [-0.05, 0) is 41.6 Å². The average molecular weight is 316 g/mol. The van der Waals surface area contributed by atoms with Crippen LogP contribution >= 0.6 is 23.6 Å². The van der Waals surface area contributed by atoms with Gasteiger partial charge in [-0.1, -0.05) is 37.3 Å². The van der Waals surface area contributed by atoms with E-state index in [1.807, 2.05) is 29.6 Å². The lowest BCUT2D eigenvalue weighted by Crippen LogP contribution is -2.22. The molecule has 1 unspecified atom stereocenters. The molecule has 2 heterocycles. The number of hydrogen-bond acceptors (Lipinski definition) is 3. The Balaban J connectivity index is 1.86. The third kappa shape index (κ3) is 2.84. The summed E-state index contributed by atoms with van der Waals surface area (Å²) in [6, 6.07) is 12.2. The second-order valence-electron chi connectivity index (χ2n) is 5.15. The first-order valence-electron chi connectivity index (χ1n) is 6.92. The van der Waals surface area contributed by atoms with Gasteiger partial charge in [0.25, 0.3) is 5.56 Å². The number of aromatic nitrogens is 2. The maximum absolute atomic E-state index is 12.4. The number of fused-ring (bicyclic) bond motifs is 1. The smallest absolute Gasteiger partial charge is 0.272 e. The molecule has 0 saturated carbocycles. The molecule has 5 heteroatoms. The molecule has 108 valence electrons. The summed E-state index contributed by atoms with van der Waals surface area (Å²) in [6.45, 7) is 2.81. The first kappa shape index (κ1) is 14.2. The van der Waals surface area contributed by atoms with Crippen molar-refractivity contribution >= 4 is 33.8 Å². The fourth-order valence-corrected chi connectivity index (χ4v) is 3.53. The molecular formula is C16H16N2OS2. The van der Waals surface area contributed by atoms with Crippen LogP contribution in [0.1, 0.15) is 24.8 Å². The van der Waals surface area contributed by atoms with Crippen LogP contribution in [0.3, 0.4) is 0 Å². The predicted octanol–water partition coefficient (Wildman–Crippen LogP) is 4.31. The van der Waals surface area contributed by atoms with Crippen LogP contribution < -0.4 is 5.56 Å². The molecule has 2 aromatic heterocycles. The van der Waals surface area contributed by atoms with Gasteiger partial charge >= 0.3 is 0 Å². The SMILES string of the molecule is CC(CCn1c(=S)[nH]c2ccsc2c1=O)c1ccccc1. The first-order chi connectivity index (χ1) is 10.2. The van der Waals surface area contributed by atoms with Crippen molar-refractivity contribution in [2.75, 3.05) is 0 Å². The van der Waals surface area contributed by atoms with E-state index >= 15 is 0 Å². The minimum absolute atomic E-state index is 0.0176. The van der Waals surface area contributed by atoms with Crippen LogP contribution in [-0.2, 0) is 6.54 Å². The van der Waals surface area contributed by atoms with Crippen molar-refractivity contribution in [1.29, 1.82) is 0 Å². The van der Waals surface area contributed by atoms with Crippen molar-refractivity contribution in [3.8, 4) is 0 Å². The van der Waals surface area contributed by atoms with Crippen LogP contribution in [0.25, 0.3) is 10.2 Å². The molecule has 0 spiro atoms. The van der Waals surface area contributed by atoms with E-state index < -0.39 is 0 Å². The molecule has 0 bridgehead atoms. The molecule has 0 fully saturated rings. The number of rotatable bonds is 4. The van der Waals surface area contributed by atoms with E-state index in [1.165, 1.54) is 16.9 Å². The van der Waals surface area contributed by atoms with E-state index in [-0.39, 0.29) is 5.56 Å². The van der Waals surface area contributed by atoms with Gasteiger partial charge < -0.3 is 4.98 Å². The highest BCUT2D eigenvalue weighted by atomic mass is 32.1. The van der Waals surface area contributed by atoms with E-state index in [0.29, 0.717) is 17.2 Å². The maximum atomic E-state index is 12.4. The lowest BCUT2D eigenvalue weighted by atomic mass is 9.98. The highest BCUT2D eigenvalue weighted by Gasteiger charge is 2.09. The Labute approximate surface area is 131 Å². The number of nitrogens with zero attached hydrogens (tertiary/aromatic N) is 1. The summed E-state index contributed by atoms with van der Waals surface area (Å²) in [5.41, 5.74) is 2.14. The predicted molar refractivity (Wildman–Crippen MR) is 90.7 cm³/mol. The minimum atomic E-state index is 0.0176. The van der Waals surface area contributed by atoms with Crippen molar-refractivity contribution in [3.63, 3.8) is 0 Å². The van der Waals surface area contributed by atoms with Gasteiger partial charge in [0.15, 0.2) is 4.77 Å². The van der Waals surface area contributed by atoms with Gasteiger partial charge in [-0.3, -0.25) is 9.36 Å². The van der Waals surface area contributed by atoms with Gasteiger partial charge in [0.2, 0.25) is 0 Å². The monoisotopic (exact) mass is 316 g/mol. The van der Waals surface area contributed by atoms with Crippen LogP contribution in [0.5, 0.6) is 0 Å². The van der Waals surface area contributed by atoms with Crippen LogP contribution in [0, 0.1) is 4.77 Å². The third-order valence-corrected chi connectivity index (χ3v) is 4.97. The largest absolute Gasteiger partial charge is 0.331 e. The molecule has 0 amide bonds. The average Bonchev–Trinajstić information content (AvgIpc) is 2.96. The zero-order valence-electron chi connectivity index (χ0n) is 11.7. The lowest BCUT2D eigenvalue weighted by Gasteiger charge is -2.13. The molecule has 3 rings (SSSR count). The molecule has 0 aliphatic rings. The lowest BCUT2D eigenvalue weighted by molar-refractivity contribution is 0.555. The molecular weight excluding hydrogens is 300 g/mol. The van der Waals surface area contributed by atoms with E-state index in [4.69, 9.17) is 12.2 Å². The number of thiophene rings is 1. The summed E-state index contributed by atoms with van der Waals surface area (Å²) >= 11 is 6.77. The van der Waals surface area contributed by atoms with Gasteiger partial charge in [-0.2, -0.15) is 0 Å². The van der Waals surface area contributed by atoms with E-state index in [9.17, 15) is 4.79 Å². The maximum Gasteiger partial charge on any atom is 0.272 e. The van der Waals surface area contributed by atoms with Crippen LogP contribution in [0.2, 0.25) is 0 Å². The molecule has 1 N–H and O–H groups in total. The van der Waals surface area contributed by atoms with Crippen LogP contribution in [0.15, 0.2) is 46.6 Å². The molecule has 0 saturated heterocycles. The van der Waals surface area contributed by atoms with Gasteiger partial charge in [0, 0.05) is 6.54 Å². The molecule has 3 nitrogen and oxygen atoms in total. The summed E-state index contributed by atoms with van der Waals surface area (Å²) in [4.78, 5) is 15.6. The highest BCUT2D eigenvalue weighted by Crippen LogP contribution is 2.19. The topological polar surface area (TPSA) is 37.8 Å². The Hall–Kier alpha value is -1.72. The molecule has 3 aromatic rings. The zero-order valence-corrected chi connectivity index (χ0v) is 13.3. The number of aromatic amines is 1. The third-order valence-electron chi connectivity index (χ3n) is 3.75. The molecule has 0 radical (unpaired) electrons. The molecule has 0 aliphatic carbocycles. The van der Waals surface area contributed by atoms with Crippen molar-refractivity contribution in [2.45, 2.75) is 25.8 Å². The summed E-state index contributed by atoms with van der Waals surface area (Å²) in [5.74, 6) is 0.395. The zero-order chi connectivity index (χ0) is 14.8. The summed E-state index contributed by atoms with van der Waals surface area (Å²) < 4.78 is 2.93. The number of benzene rings is 1. The minimum Gasteiger partial charge on any atom is -0.331 e.